The number of hydrogen-bond donors (Lipinski definition) is 1. The summed E-state index contributed by atoms with van der Waals surface area (Å²) < 4.78 is 5.23. The van der Waals surface area contributed by atoms with Crippen LogP contribution < -0.4 is 5.32 Å². The fourth-order valence-electron chi connectivity index (χ4n) is 2.60. The van der Waals surface area contributed by atoms with Crippen molar-refractivity contribution in [2.45, 2.75) is 73.0 Å². The molecule has 1 amide bonds. The normalized spacial score (nSPS) is 14.9. The monoisotopic (exact) mass is 350 g/mol. The average molecular weight is 351 g/mol. The van der Waals surface area contributed by atoms with E-state index >= 15 is 0 Å². The molecule has 1 aliphatic rings. The quantitative estimate of drug-likeness (QED) is 0.764. The molecular formula is C21H38N2O2. The number of amides is 1. The third-order valence-electron chi connectivity index (χ3n) is 3.90. The highest BCUT2D eigenvalue weighted by Crippen LogP contribution is 2.09. The fourth-order valence-corrected chi connectivity index (χ4v) is 2.60. The largest absolute Gasteiger partial charge is 0.445 e. The number of nitrogens with one attached hydrogen (secondary N) is 1. The Morgan fingerprint density at radius 3 is 2.28 bits per heavy atom. The summed E-state index contributed by atoms with van der Waals surface area (Å²) in [6, 6.07) is 9.89. The summed E-state index contributed by atoms with van der Waals surface area (Å²) >= 11 is 0. The average Bonchev–Trinajstić information content (AvgIpc) is 2.69. The number of ether oxygens (including phenoxy) is 1. The third-order valence-corrected chi connectivity index (χ3v) is 3.90. The maximum absolute atomic E-state index is 11.7. The van der Waals surface area contributed by atoms with Gasteiger partial charge in [-0.15, -0.1) is 0 Å². The first-order valence-corrected chi connectivity index (χ1v) is 9.93. The first-order valence-electron chi connectivity index (χ1n) is 9.93. The lowest BCUT2D eigenvalue weighted by Gasteiger charge is -2.27. The van der Waals surface area contributed by atoms with E-state index < -0.39 is 0 Å². The van der Waals surface area contributed by atoms with Gasteiger partial charge in [0.25, 0.3) is 0 Å². The fraction of sp³-hybridized carbons (Fsp3) is 0.667. The minimum Gasteiger partial charge on any atom is -0.445 e. The Labute approximate surface area is 154 Å². The Morgan fingerprint density at radius 2 is 1.68 bits per heavy atom. The summed E-state index contributed by atoms with van der Waals surface area (Å²) in [6.07, 6.45) is 4.61. The smallest absolute Gasteiger partial charge is 0.407 e. The standard InChI is InChI=1S/C17H26N2O2.2C2H6/c1-15(10-13-19-11-6-3-7-12-19)18-17(20)21-14-16-8-4-2-5-9-16;2*1-2/h2,4-5,8-9,15H,3,6-7,10-14H2,1H3,(H,18,20);2*1-2H3. The molecule has 4 nitrogen and oxygen atoms in total. The molecule has 0 radical (unpaired) electrons. The molecular weight excluding hydrogens is 312 g/mol. The van der Waals surface area contributed by atoms with Crippen LogP contribution in [0.5, 0.6) is 0 Å². The zero-order chi connectivity index (χ0) is 18.9. The Balaban J connectivity index is 0.00000134. The number of rotatable bonds is 6. The van der Waals surface area contributed by atoms with Crippen molar-refractivity contribution >= 4 is 6.09 Å². The molecule has 25 heavy (non-hydrogen) atoms. The summed E-state index contributed by atoms with van der Waals surface area (Å²) in [5.41, 5.74) is 1.01. The van der Waals surface area contributed by atoms with Crippen molar-refractivity contribution in [3.05, 3.63) is 35.9 Å². The Morgan fingerprint density at radius 1 is 1.08 bits per heavy atom. The molecule has 1 saturated heterocycles. The molecule has 1 atom stereocenters. The van der Waals surface area contributed by atoms with Gasteiger partial charge in [-0.3, -0.25) is 0 Å². The predicted octanol–water partition coefficient (Wildman–Crippen LogP) is 5.23. The lowest BCUT2D eigenvalue weighted by atomic mass is 10.1. The van der Waals surface area contributed by atoms with E-state index in [0.29, 0.717) is 6.61 Å². The minimum absolute atomic E-state index is 0.148. The van der Waals surface area contributed by atoms with E-state index in [-0.39, 0.29) is 12.1 Å². The van der Waals surface area contributed by atoms with Gasteiger partial charge in [-0.1, -0.05) is 64.4 Å². The number of piperidine rings is 1. The number of hydrogen-bond acceptors (Lipinski definition) is 3. The van der Waals surface area contributed by atoms with Crippen molar-refractivity contribution in [1.82, 2.24) is 10.2 Å². The van der Waals surface area contributed by atoms with E-state index in [1.165, 1.54) is 32.4 Å². The minimum atomic E-state index is -0.329. The van der Waals surface area contributed by atoms with Crippen LogP contribution in [-0.2, 0) is 11.3 Å². The molecule has 1 aliphatic heterocycles. The van der Waals surface area contributed by atoms with Crippen LogP contribution >= 0.6 is 0 Å². The molecule has 0 saturated carbocycles. The molecule has 1 aromatic rings. The van der Waals surface area contributed by atoms with E-state index in [1.54, 1.807) is 0 Å². The van der Waals surface area contributed by atoms with Crippen molar-refractivity contribution in [2.24, 2.45) is 0 Å². The second-order valence-corrected chi connectivity index (χ2v) is 5.80. The highest BCUT2D eigenvalue weighted by molar-refractivity contribution is 5.67. The van der Waals surface area contributed by atoms with Gasteiger partial charge in [0.15, 0.2) is 0 Å². The lowest BCUT2D eigenvalue weighted by molar-refractivity contribution is 0.134. The Bertz CT molecular complexity index is 417. The van der Waals surface area contributed by atoms with Crippen LogP contribution in [0.3, 0.4) is 0 Å². The molecule has 1 N–H and O–H groups in total. The van der Waals surface area contributed by atoms with Crippen LogP contribution in [0, 0.1) is 0 Å². The van der Waals surface area contributed by atoms with E-state index in [0.717, 1.165) is 18.5 Å². The molecule has 1 aromatic carbocycles. The molecule has 0 aromatic heterocycles. The van der Waals surface area contributed by atoms with E-state index in [2.05, 4.69) is 10.2 Å². The highest BCUT2D eigenvalue weighted by Gasteiger charge is 2.13. The molecule has 4 heteroatoms. The van der Waals surface area contributed by atoms with Crippen molar-refractivity contribution in [2.75, 3.05) is 19.6 Å². The zero-order valence-electron chi connectivity index (χ0n) is 16.9. The van der Waals surface area contributed by atoms with Gasteiger partial charge in [0.1, 0.15) is 6.61 Å². The Hall–Kier alpha value is -1.55. The Kier molecular flexibility index (Phi) is 15.0. The number of nitrogens with zero attached hydrogens (tertiary/aromatic N) is 1. The molecule has 144 valence electrons. The number of likely N-dealkylation sites (tertiary alicyclic amines) is 1. The molecule has 1 heterocycles. The summed E-state index contributed by atoms with van der Waals surface area (Å²) in [5.74, 6) is 0. The van der Waals surface area contributed by atoms with Crippen LogP contribution in [-0.4, -0.2) is 36.7 Å². The molecule has 1 unspecified atom stereocenters. The van der Waals surface area contributed by atoms with Crippen molar-refractivity contribution in [3.8, 4) is 0 Å². The van der Waals surface area contributed by atoms with Gasteiger partial charge in [-0.2, -0.15) is 0 Å². The molecule has 2 rings (SSSR count). The molecule has 1 fully saturated rings. The van der Waals surface area contributed by atoms with Gasteiger partial charge in [-0.25, -0.2) is 4.79 Å². The molecule has 0 spiro atoms. The topological polar surface area (TPSA) is 41.6 Å². The second-order valence-electron chi connectivity index (χ2n) is 5.80. The predicted molar refractivity (Wildman–Crippen MR) is 107 cm³/mol. The van der Waals surface area contributed by atoms with Crippen molar-refractivity contribution in [1.29, 1.82) is 0 Å². The van der Waals surface area contributed by atoms with Gasteiger partial charge in [0.05, 0.1) is 0 Å². The highest BCUT2D eigenvalue weighted by atomic mass is 16.5. The van der Waals surface area contributed by atoms with Crippen LogP contribution in [0.1, 0.15) is 65.9 Å². The number of carbonyl (C=O) groups excluding carboxylic acids is 1. The summed E-state index contributed by atoms with van der Waals surface area (Å²) in [6.45, 7) is 13.8. The summed E-state index contributed by atoms with van der Waals surface area (Å²) in [4.78, 5) is 14.2. The van der Waals surface area contributed by atoms with Crippen LogP contribution in [0.15, 0.2) is 30.3 Å². The first-order chi connectivity index (χ1) is 12.2. The van der Waals surface area contributed by atoms with E-state index in [9.17, 15) is 4.79 Å². The van der Waals surface area contributed by atoms with Gasteiger partial charge >= 0.3 is 6.09 Å². The van der Waals surface area contributed by atoms with Crippen LogP contribution in [0.25, 0.3) is 0 Å². The van der Waals surface area contributed by atoms with Gasteiger partial charge in [-0.05, 0) is 44.8 Å². The molecule has 0 bridgehead atoms. The zero-order valence-corrected chi connectivity index (χ0v) is 16.9. The van der Waals surface area contributed by atoms with Gasteiger partial charge < -0.3 is 15.0 Å². The number of carbonyl (C=O) groups is 1. The van der Waals surface area contributed by atoms with Crippen molar-refractivity contribution in [3.63, 3.8) is 0 Å². The number of alkyl carbamates (subject to hydrolysis) is 1. The van der Waals surface area contributed by atoms with Gasteiger partial charge in [0, 0.05) is 12.6 Å². The van der Waals surface area contributed by atoms with E-state index in [4.69, 9.17) is 4.74 Å². The number of benzene rings is 1. The SMILES string of the molecule is CC.CC.CC(CCN1CCCCC1)NC(=O)OCc1ccccc1. The van der Waals surface area contributed by atoms with Crippen molar-refractivity contribution < 1.29 is 9.53 Å². The van der Waals surface area contributed by atoms with Gasteiger partial charge in [0.2, 0.25) is 0 Å². The maximum Gasteiger partial charge on any atom is 0.407 e. The first kappa shape index (κ1) is 23.4. The summed E-state index contributed by atoms with van der Waals surface area (Å²) in [5, 5.41) is 2.90. The third kappa shape index (κ3) is 11.6. The van der Waals surface area contributed by atoms with E-state index in [1.807, 2.05) is 65.0 Å². The van der Waals surface area contributed by atoms with Crippen LogP contribution in [0.4, 0.5) is 4.79 Å². The van der Waals surface area contributed by atoms with Crippen LogP contribution in [0.2, 0.25) is 0 Å². The summed E-state index contributed by atoms with van der Waals surface area (Å²) in [7, 11) is 0. The molecule has 0 aliphatic carbocycles. The lowest BCUT2D eigenvalue weighted by Crippen LogP contribution is -2.37. The second kappa shape index (κ2) is 15.9. The maximum atomic E-state index is 11.7.